The van der Waals surface area contributed by atoms with Crippen molar-refractivity contribution in [3.05, 3.63) is 127 Å². The molecule has 0 aliphatic rings. The van der Waals surface area contributed by atoms with Gasteiger partial charge in [-0.05, 0) is 27.7 Å². The normalized spacial score (nSPS) is 11.0. The number of esters is 1. The van der Waals surface area contributed by atoms with Crippen LogP contribution in [0.15, 0.2) is 121 Å². The van der Waals surface area contributed by atoms with Gasteiger partial charge in [-0.25, -0.2) is 4.79 Å². The summed E-state index contributed by atoms with van der Waals surface area (Å²) in [5.41, 5.74) is 0.492. The van der Waals surface area contributed by atoms with E-state index < -0.39 is 14.0 Å². The summed E-state index contributed by atoms with van der Waals surface area (Å²) in [6.45, 7) is 0.0788. The molecule has 0 saturated heterocycles. The van der Waals surface area contributed by atoms with Crippen molar-refractivity contribution in [2.24, 2.45) is 0 Å². The minimum atomic E-state index is -2.62. The average molecular weight is 451 g/mol. The molecule has 0 aliphatic heterocycles. The Balaban J connectivity index is 1.61. The molecule has 33 heavy (non-hydrogen) atoms. The van der Waals surface area contributed by atoms with Crippen molar-refractivity contribution in [2.45, 2.75) is 12.5 Å². The van der Waals surface area contributed by atoms with Gasteiger partial charge in [0.15, 0.2) is 8.07 Å². The lowest BCUT2D eigenvalue weighted by atomic mass is 10.2. The largest absolute Gasteiger partial charge is 0.462 e. The molecule has 4 aromatic rings. The Kier molecular flexibility index (Phi) is 7.28. The van der Waals surface area contributed by atoms with Gasteiger partial charge in [0.2, 0.25) is 0 Å². The molecule has 0 amide bonds. The zero-order chi connectivity index (χ0) is 22.9. The lowest BCUT2D eigenvalue weighted by Gasteiger charge is -2.33. The van der Waals surface area contributed by atoms with Crippen molar-refractivity contribution in [1.82, 2.24) is 0 Å². The van der Waals surface area contributed by atoms with E-state index in [0.717, 1.165) is 0 Å². The van der Waals surface area contributed by atoms with E-state index in [4.69, 9.17) is 4.74 Å². The molecule has 0 unspecified atom stereocenters. The van der Waals surface area contributed by atoms with Crippen LogP contribution >= 0.6 is 0 Å². The van der Waals surface area contributed by atoms with E-state index in [9.17, 15) is 9.59 Å². The first-order valence-corrected chi connectivity index (χ1v) is 13.3. The summed E-state index contributed by atoms with van der Waals surface area (Å²) in [6, 6.07) is 40.3. The van der Waals surface area contributed by atoms with Crippen LogP contribution in [0, 0.1) is 0 Å². The molecule has 3 nitrogen and oxygen atoms in total. The topological polar surface area (TPSA) is 43.4 Å². The molecule has 0 aromatic heterocycles. The van der Waals surface area contributed by atoms with Gasteiger partial charge in [0, 0.05) is 12.5 Å². The molecule has 0 spiro atoms. The fraction of sp³-hybridized carbons (Fsp3) is 0.103. The summed E-state index contributed by atoms with van der Waals surface area (Å²) in [5.74, 6) is -0.305. The van der Waals surface area contributed by atoms with Crippen LogP contribution in [0.4, 0.5) is 0 Å². The highest BCUT2D eigenvalue weighted by atomic mass is 28.3. The van der Waals surface area contributed by atoms with Gasteiger partial charge in [0.25, 0.3) is 0 Å². The maximum absolute atomic E-state index is 13.3. The zero-order valence-electron chi connectivity index (χ0n) is 18.4. The minimum absolute atomic E-state index is 0.0788. The molecule has 4 aromatic carbocycles. The number of carbonyl (C=O) groups is 2. The molecule has 164 valence electrons. The lowest BCUT2D eigenvalue weighted by molar-refractivity contribution is -0.117. The van der Waals surface area contributed by atoms with Gasteiger partial charge >= 0.3 is 5.97 Å². The molecule has 4 rings (SSSR count). The van der Waals surface area contributed by atoms with Crippen molar-refractivity contribution < 1.29 is 14.3 Å². The Morgan fingerprint density at radius 3 is 1.39 bits per heavy atom. The molecule has 0 atom stereocenters. The molecule has 4 heteroatoms. The number of Topliss-reactive ketones (excluding diaryl/α,β-unsaturated/α-hetero) is 1. The monoisotopic (exact) mass is 450 g/mol. The van der Waals surface area contributed by atoms with Gasteiger partial charge in [-0.15, -0.1) is 0 Å². The number of hydrogen-bond acceptors (Lipinski definition) is 3. The summed E-state index contributed by atoms with van der Waals surface area (Å²) in [4.78, 5) is 25.6. The van der Waals surface area contributed by atoms with E-state index in [2.05, 4.69) is 36.4 Å². The average Bonchev–Trinajstić information content (AvgIpc) is 2.89. The third-order valence-corrected chi connectivity index (χ3v) is 10.8. The SMILES string of the molecule is O=C(CCOC(=O)c1ccccc1)C[Si](c1ccccc1)(c1ccccc1)c1ccccc1. The van der Waals surface area contributed by atoms with E-state index in [1.807, 2.05) is 60.7 Å². The van der Waals surface area contributed by atoms with Crippen molar-refractivity contribution in [3.63, 3.8) is 0 Å². The molecule has 0 saturated carbocycles. The van der Waals surface area contributed by atoms with Crippen LogP contribution in [0.25, 0.3) is 0 Å². The predicted molar refractivity (Wildman–Crippen MR) is 135 cm³/mol. The molecule has 0 fully saturated rings. The first-order valence-electron chi connectivity index (χ1n) is 11.1. The summed E-state index contributed by atoms with van der Waals surface area (Å²) in [6.07, 6.45) is 0.194. The second-order valence-corrected chi connectivity index (χ2v) is 11.9. The smallest absolute Gasteiger partial charge is 0.338 e. The highest BCUT2D eigenvalue weighted by Gasteiger charge is 2.40. The number of hydrogen-bond donors (Lipinski definition) is 0. The lowest BCUT2D eigenvalue weighted by Crippen LogP contribution is -2.67. The van der Waals surface area contributed by atoms with Crippen LogP contribution in [-0.2, 0) is 9.53 Å². The van der Waals surface area contributed by atoms with Crippen LogP contribution in [0.5, 0.6) is 0 Å². The number of rotatable bonds is 9. The second-order valence-electron chi connectivity index (χ2n) is 7.97. The minimum Gasteiger partial charge on any atom is -0.462 e. The maximum Gasteiger partial charge on any atom is 0.338 e. The third kappa shape index (κ3) is 5.18. The number of benzene rings is 4. The highest BCUT2D eigenvalue weighted by Crippen LogP contribution is 2.15. The summed E-state index contributed by atoms with van der Waals surface area (Å²) >= 11 is 0. The highest BCUT2D eigenvalue weighted by molar-refractivity contribution is 7.12. The standard InChI is InChI=1S/C29H26O3Si/c30-25(21-22-32-29(31)24-13-5-1-6-14-24)23-33(26-15-7-2-8-16-26,27-17-9-3-10-18-27)28-19-11-4-12-20-28/h1-20H,21-23H2. The third-order valence-electron chi connectivity index (χ3n) is 5.89. The van der Waals surface area contributed by atoms with Gasteiger partial charge in [-0.1, -0.05) is 109 Å². The van der Waals surface area contributed by atoms with Crippen LogP contribution < -0.4 is 15.6 Å². The number of ketones is 1. The molecular formula is C29H26O3Si. The van der Waals surface area contributed by atoms with Crippen LogP contribution in [0.3, 0.4) is 0 Å². The Hall–Kier alpha value is -3.76. The van der Waals surface area contributed by atoms with Crippen LogP contribution in [0.1, 0.15) is 16.8 Å². The van der Waals surface area contributed by atoms with Gasteiger partial charge in [0.05, 0.1) is 12.2 Å². The first kappa shape index (κ1) is 22.4. The maximum atomic E-state index is 13.3. The fourth-order valence-corrected chi connectivity index (χ4v) is 8.94. The van der Waals surface area contributed by atoms with E-state index >= 15 is 0 Å². The van der Waals surface area contributed by atoms with Crippen molar-refractivity contribution in [2.75, 3.05) is 6.61 Å². The quantitative estimate of drug-likeness (QED) is 0.220. The Bertz CT molecular complexity index is 1080. The first-order chi connectivity index (χ1) is 16.2. The van der Waals surface area contributed by atoms with Crippen molar-refractivity contribution >= 4 is 35.4 Å². The Morgan fingerprint density at radius 2 is 0.970 bits per heavy atom. The molecular weight excluding hydrogens is 424 g/mol. The van der Waals surface area contributed by atoms with E-state index in [1.54, 1.807) is 24.3 Å². The van der Waals surface area contributed by atoms with E-state index in [-0.39, 0.29) is 18.8 Å². The second kappa shape index (κ2) is 10.7. The molecule has 0 bridgehead atoms. The summed E-state index contributed by atoms with van der Waals surface area (Å²) in [5, 5.41) is 3.58. The number of carbonyl (C=O) groups excluding carboxylic acids is 2. The van der Waals surface area contributed by atoms with Gasteiger partial charge in [-0.2, -0.15) is 0 Å². The van der Waals surface area contributed by atoms with E-state index in [0.29, 0.717) is 11.6 Å². The Labute approximate surface area is 195 Å². The summed E-state index contributed by atoms with van der Waals surface area (Å²) in [7, 11) is -2.62. The van der Waals surface area contributed by atoms with Crippen LogP contribution in [0.2, 0.25) is 6.04 Å². The molecule has 0 heterocycles. The zero-order valence-corrected chi connectivity index (χ0v) is 19.4. The number of ether oxygens (including phenoxy) is 1. The predicted octanol–water partition coefficient (Wildman–Crippen LogP) is 3.97. The van der Waals surface area contributed by atoms with Crippen molar-refractivity contribution in [3.8, 4) is 0 Å². The van der Waals surface area contributed by atoms with Crippen LogP contribution in [-0.4, -0.2) is 26.4 Å². The summed E-state index contributed by atoms with van der Waals surface area (Å²) < 4.78 is 5.39. The molecule has 0 radical (unpaired) electrons. The van der Waals surface area contributed by atoms with E-state index in [1.165, 1.54) is 15.6 Å². The molecule has 0 aliphatic carbocycles. The molecule has 0 N–H and O–H groups in total. The van der Waals surface area contributed by atoms with Crippen molar-refractivity contribution in [1.29, 1.82) is 0 Å². The van der Waals surface area contributed by atoms with Gasteiger partial charge in [-0.3, -0.25) is 4.79 Å². The van der Waals surface area contributed by atoms with Gasteiger partial charge in [0.1, 0.15) is 5.78 Å². The van der Waals surface area contributed by atoms with Gasteiger partial charge < -0.3 is 4.74 Å². The fourth-order valence-electron chi connectivity index (χ4n) is 4.27. The Morgan fingerprint density at radius 1 is 0.576 bits per heavy atom.